The van der Waals surface area contributed by atoms with Crippen LogP contribution in [0.5, 0.6) is 0 Å². The van der Waals surface area contributed by atoms with Gasteiger partial charge in [-0.15, -0.1) is 0 Å². The van der Waals surface area contributed by atoms with E-state index in [1.807, 2.05) is 6.92 Å². The summed E-state index contributed by atoms with van der Waals surface area (Å²) in [6.45, 7) is 3.86. The molecule has 3 heterocycles. The zero-order chi connectivity index (χ0) is 17.4. The van der Waals surface area contributed by atoms with Crippen molar-refractivity contribution in [1.29, 1.82) is 0 Å². The quantitative estimate of drug-likeness (QED) is 0.933. The van der Waals surface area contributed by atoms with Gasteiger partial charge in [-0.25, -0.2) is 9.07 Å². The van der Waals surface area contributed by atoms with Gasteiger partial charge in [-0.3, -0.25) is 4.79 Å². The second kappa shape index (κ2) is 6.59. The van der Waals surface area contributed by atoms with E-state index in [0.29, 0.717) is 18.0 Å². The molecule has 0 spiro atoms. The highest BCUT2D eigenvalue weighted by atomic mass is 19.1. The van der Waals surface area contributed by atoms with Crippen molar-refractivity contribution in [3.8, 4) is 5.69 Å². The molecular weight excluding hydrogens is 319 g/mol. The van der Waals surface area contributed by atoms with E-state index in [1.54, 1.807) is 23.0 Å². The van der Waals surface area contributed by atoms with Gasteiger partial charge >= 0.3 is 0 Å². The maximum absolute atomic E-state index is 13.3. The van der Waals surface area contributed by atoms with Crippen molar-refractivity contribution in [3.05, 3.63) is 47.5 Å². The molecule has 4 rings (SSSR count). The molecule has 2 atom stereocenters. The minimum atomic E-state index is -0.279. The summed E-state index contributed by atoms with van der Waals surface area (Å²) in [5.41, 5.74) is 2.33. The number of benzene rings is 1. The third kappa shape index (κ3) is 2.84. The molecule has 132 valence electrons. The van der Waals surface area contributed by atoms with Crippen LogP contribution in [0.4, 0.5) is 4.39 Å². The van der Waals surface area contributed by atoms with Crippen LogP contribution in [0.15, 0.2) is 30.5 Å². The fraction of sp³-hybridized carbons (Fsp3) is 0.474. The van der Waals surface area contributed by atoms with Crippen LogP contribution in [0.2, 0.25) is 0 Å². The van der Waals surface area contributed by atoms with Crippen molar-refractivity contribution in [2.75, 3.05) is 13.1 Å². The van der Waals surface area contributed by atoms with Crippen LogP contribution in [-0.4, -0.2) is 45.8 Å². The van der Waals surface area contributed by atoms with Crippen LogP contribution in [0.1, 0.15) is 42.2 Å². The molecule has 2 fully saturated rings. The van der Waals surface area contributed by atoms with Crippen LogP contribution in [0.3, 0.4) is 0 Å². The summed E-state index contributed by atoms with van der Waals surface area (Å²) in [6.07, 6.45) is 5.53. The first-order chi connectivity index (χ1) is 12.2. The van der Waals surface area contributed by atoms with Crippen LogP contribution < -0.4 is 5.32 Å². The van der Waals surface area contributed by atoms with Crippen molar-refractivity contribution >= 4 is 5.91 Å². The molecule has 1 amide bonds. The van der Waals surface area contributed by atoms with Gasteiger partial charge in [0, 0.05) is 18.6 Å². The molecule has 0 radical (unpaired) electrons. The molecule has 1 aromatic heterocycles. The van der Waals surface area contributed by atoms with E-state index in [-0.39, 0.29) is 17.8 Å². The molecule has 2 saturated heterocycles. The zero-order valence-electron chi connectivity index (χ0n) is 14.4. The number of amides is 1. The summed E-state index contributed by atoms with van der Waals surface area (Å²) in [6, 6.07) is 6.81. The van der Waals surface area contributed by atoms with Gasteiger partial charge in [0.15, 0.2) is 0 Å². The smallest absolute Gasteiger partial charge is 0.257 e. The number of fused-ring (bicyclic) bond motifs is 2. The molecule has 2 aliphatic rings. The Bertz CT molecular complexity index is 756. The highest BCUT2D eigenvalue weighted by Gasteiger charge is 2.39. The fourth-order valence-electron chi connectivity index (χ4n) is 4.15. The first kappa shape index (κ1) is 16.3. The maximum Gasteiger partial charge on any atom is 0.257 e. The molecule has 0 saturated carbocycles. The lowest BCUT2D eigenvalue weighted by Gasteiger charge is -2.28. The third-order valence-corrected chi connectivity index (χ3v) is 5.39. The van der Waals surface area contributed by atoms with Gasteiger partial charge in [0.05, 0.1) is 23.1 Å². The summed E-state index contributed by atoms with van der Waals surface area (Å²) in [5.74, 6) is -0.194. The molecule has 2 unspecified atom stereocenters. The monoisotopic (exact) mass is 342 g/mol. The van der Waals surface area contributed by atoms with E-state index in [1.165, 1.54) is 12.1 Å². The molecule has 1 N–H and O–H groups in total. The number of aromatic nitrogens is 2. The van der Waals surface area contributed by atoms with Gasteiger partial charge in [-0.2, -0.15) is 5.10 Å². The topological polar surface area (TPSA) is 50.2 Å². The Labute approximate surface area is 146 Å². The maximum atomic E-state index is 13.3. The molecule has 6 heteroatoms. The Morgan fingerprint density at radius 1 is 1.24 bits per heavy atom. The van der Waals surface area contributed by atoms with E-state index in [9.17, 15) is 9.18 Å². The number of carbonyl (C=O) groups is 1. The Morgan fingerprint density at radius 2 is 2.00 bits per heavy atom. The number of nitrogens with zero attached hydrogens (tertiary/aromatic N) is 3. The lowest BCUT2D eigenvalue weighted by Crippen LogP contribution is -2.42. The number of hydrogen-bond donors (Lipinski definition) is 1. The molecule has 1 aromatic carbocycles. The van der Waals surface area contributed by atoms with Gasteiger partial charge in [0.1, 0.15) is 5.82 Å². The van der Waals surface area contributed by atoms with Gasteiger partial charge in [0.25, 0.3) is 5.91 Å². The molecule has 25 heavy (non-hydrogen) atoms. The largest absolute Gasteiger partial charge is 0.331 e. The predicted molar refractivity (Wildman–Crippen MR) is 93.4 cm³/mol. The molecule has 2 bridgehead atoms. The predicted octanol–water partition coefficient (Wildman–Crippen LogP) is 2.54. The van der Waals surface area contributed by atoms with Crippen molar-refractivity contribution < 1.29 is 9.18 Å². The standard InChI is InChI=1S/C19H23FN4O/c1-2-18-17(12-22-24(18)15-5-3-13(20)4-6-15)19(25)23-14-7-8-16(23)11-21-10-9-14/h3-6,12,14,16,21H,2,7-11H2,1H3. The summed E-state index contributed by atoms with van der Waals surface area (Å²) < 4.78 is 15.0. The molecule has 2 aromatic rings. The molecular formula is C19H23FN4O. The average molecular weight is 342 g/mol. The van der Waals surface area contributed by atoms with E-state index >= 15 is 0 Å². The van der Waals surface area contributed by atoms with E-state index in [0.717, 1.165) is 43.7 Å². The van der Waals surface area contributed by atoms with Crippen LogP contribution in [0, 0.1) is 5.82 Å². The number of nitrogens with one attached hydrogen (secondary N) is 1. The lowest BCUT2D eigenvalue weighted by molar-refractivity contribution is 0.0679. The number of halogens is 1. The van der Waals surface area contributed by atoms with Gasteiger partial charge in [-0.1, -0.05) is 6.92 Å². The summed E-state index contributed by atoms with van der Waals surface area (Å²) in [4.78, 5) is 15.4. The summed E-state index contributed by atoms with van der Waals surface area (Å²) in [5, 5.41) is 7.86. The molecule has 5 nitrogen and oxygen atoms in total. The molecule has 2 aliphatic heterocycles. The third-order valence-electron chi connectivity index (χ3n) is 5.39. The second-order valence-corrected chi connectivity index (χ2v) is 6.84. The summed E-state index contributed by atoms with van der Waals surface area (Å²) >= 11 is 0. The van der Waals surface area contributed by atoms with Gasteiger partial charge in [-0.05, 0) is 56.5 Å². The van der Waals surface area contributed by atoms with E-state index in [4.69, 9.17) is 0 Å². The number of hydrogen-bond acceptors (Lipinski definition) is 3. The fourth-order valence-corrected chi connectivity index (χ4v) is 4.15. The first-order valence-electron chi connectivity index (χ1n) is 9.05. The molecule has 0 aliphatic carbocycles. The highest BCUT2D eigenvalue weighted by molar-refractivity contribution is 5.96. The van der Waals surface area contributed by atoms with Crippen LogP contribution in [0.25, 0.3) is 5.69 Å². The minimum Gasteiger partial charge on any atom is -0.331 e. The zero-order valence-corrected chi connectivity index (χ0v) is 14.4. The van der Waals surface area contributed by atoms with E-state index < -0.39 is 0 Å². The number of rotatable bonds is 3. The van der Waals surface area contributed by atoms with Crippen molar-refractivity contribution in [2.24, 2.45) is 0 Å². The van der Waals surface area contributed by atoms with Crippen molar-refractivity contribution in [2.45, 2.75) is 44.7 Å². The van der Waals surface area contributed by atoms with Gasteiger partial charge in [0.2, 0.25) is 0 Å². The summed E-state index contributed by atoms with van der Waals surface area (Å²) in [7, 11) is 0. The second-order valence-electron chi connectivity index (χ2n) is 6.84. The number of carbonyl (C=O) groups excluding carboxylic acids is 1. The van der Waals surface area contributed by atoms with Crippen molar-refractivity contribution in [1.82, 2.24) is 20.0 Å². The van der Waals surface area contributed by atoms with Crippen LogP contribution in [-0.2, 0) is 6.42 Å². The first-order valence-corrected chi connectivity index (χ1v) is 9.05. The van der Waals surface area contributed by atoms with E-state index in [2.05, 4.69) is 15.3 Å². The SMILES string of the molecule is CCc1c(C(=O)N2C3CCNCC2CC3)cnn1-c1ccc(F)cc1. The Kier molecular flexibility index (Phi) is 4.29. The Morgan fingerprint density at radius 3 is 2.76 bits per heavy atom. The Balaban J connectivity index is 1.68. The minimum absolute atomic E-state index is 0.0846. The average Bonchev–Trinajstić information content (AvgIpc) is 3.14. The normalized spacial score (nSPS) is 22.9. The van der Waals surface area contributed by atoms with Gasteiger partial charge < -0.3 is 10.2 Å². The van der Waals surface area contributed by atoms with Crippen LogP contribution >= 0.6 is 0 Å². The highest BCUT2D eigenvalue weighted by Crippen LogP contribution is 2.30. The van der Waals surface area contributed by atoms with Crippen molar-refractivity contribution in [3.63, 3.8) is 0 Å². The Hall–Kier alpha value is -2.21. The lowest BCUT2D eigenvalue weighted by atomic mass is 10.1.